The molecule has 2 atom stereocenters. The van der Waals surface area contributed by atoms with E-state index in [0.29, 0.717) is 24.0 Å². The maximum absolute atomic E-state index is 13.4. The van der Waals surface area contributed by atoms with Crippen LogP contribution in [0.5, 0.6) is 0 Å². The molecule has 0 aliphatic carbocycles. The van der Waals surface area contributed by atoms with E-state index < -0.39 is 0 Å². The van der Waals surface area contributed by atoms with Crippen LogP contribution in [0.15, 0.2) is 18.2 Å². The molecule has 3 aliphatic heterocycles. The van der Waals surface area contributed by atoms with Crippen LogP contribution >= 0.6 is 0 Å². The molecule has 2 bridgehead atoms. The third-order valence-electron chi connectivity index (χ3n) is 5.71. The summed E-state index contributed by atoms with van der Waals surface area (Å²) >= 11 is 0. The molecule has 2 fully saturated rings. The van der Waals surface area contributed by atoms with Crippen LogP contribution in [0.4, 0.5) is 4.39 Å². The highest BCUT2D eigenvalue weighted by Crippen LogP contribution is 2.37. The van der Waals surface area contributed by atoms with E-state index in [-0.39, 0.29) is 5.82 Å². The average Bonchev–Trinajstić information content (AvgIpc) is 2.76. The average molecular weight is 287 g/mol. The van der Waals surface area contributed by atoms with Crippen LogP contribution < -0.4 is 0 Å². The summed E-state index contributed by atoms with van der Waals surface area (Å²) in [4.78, 5) is 4.76. The highest BCUT2D eigenvalue weighted by molar-refractivity contribution is 6.00. The zero-order valence-corrected chi connectivity index (χ0v) is 12.5. The topological polar surface area (TPSA) is 30.3 Å². The van der Waals surface area contributed by atoms with Crippen LogP contribution in [0.3, 0.4) is 0 Å². The highest BCUT2D eigenvalue weighted by atomic mass is 19.1. The molecule has 4 heteroatoms. The first-order chi connectivity index (χ1) is 10.1. The molecular weight excluding hydrogens is 265 g/mol. The first-order valence-corrected chi connectivity index (χ1v) is 7.99. The summed E-state index contributed by atoms with van der Waals surface area (Å²) in [5.74, 6) is 0.290. The standard InChI is InChI=1S/C17H22FN3/c1-20-13-3-2-4-14(20)9-15(8-13)21-10-11-5-6-12(18)7-16(11)17(21)19/h5-7,13-15,19H,2-4,8-10H2,1H3. The zero-order valence-electron chi connectivity index (χ0n) is 12.5. The van der Waals surface area contributed by atoms with Crippen molar-refractivity contribution in [3.05, 3.63) is 35.1 Å². The molecule has 0 aromatic heterocycles. The molecule has 4 rings (SSSR count). The van der Waals surface area contributed by atoms with Crippen molar-refractivity contribution in [2.45, 2.75) is 56.8 Å². The van der Waals surface area contributed by atoms with Crippen molar-refractivity contribution in [1.29, 1.82) is 5.41 Å². The third-order valence-corrected chi connectivity index (χ3v) is 5.71. The Kier molecular flexibility index (Phi) is 3.03. The SMILES string of the molecule is CN1C2CCCC1CC(N1Cc3ccc(F)cc3C1=N)C2. The van der Waals surface area contributed by atoms with Gasteiger partial charge in [-0.05, 0) is 50.4 Å². The molecule has 21 heavy (non-hydrogen) atoms. The summed E-state index contributed by atoms with van der Waals surface area (Å²) < 4.78 is 13.4. The van der Waals surface area contributed by atoms with Crippen LogP contribution in [0, 0.1) is 11.2 Å². The van der Waals surface area contributed by atoms with Gasteiger partial charge in [0.05, 0.1) is 0 Å². The molecule has 1 aromatic rings. The predicted molar refractivity (Wildman–Crippen MR) is 81.0 cm³/mol. The fourth-order valence-corrected chi connectivity index (χ4v) is 4.48. The second kappa shape index (κ2) is 4.80. The number of nitrogens with one attached hydrogen (secondary N) is 1. The number of fused-ring (bicyclic) bond motifs is 3. The van der Waals surface area contributed by atoms with Gasteiger partial charge in [0.15, 0.2) is 0 Å². The number of hydrogen-bond acceptors (Lipinski definition) is 2. The van der Waals surface area contributed by atoms with E-state index in [2.05, 4.69) is 16.8 Å². The quantitative estimate of drug-likeness (QED) is 0.860. The molecule has 3 nitrogen and oxygen atoms in total. The van der Waals surface area contributed by atoms with Gasteiger partial charge in [-0.15, -0.1) is 0 Å². The summed E-state index contributed by atoms with van der Waals surface area (Å²) in [5.41, 5.74) is 1.89. The lowest BCUT2D eigenvalue weighted by Crippen LogP contribution is -2.55. The lowest BCUT2D eigenvalue weighted by molar-refractivity contribution is 0.0269. The van der Waals surface area contributed by atoms with Gasteiger partial charge in [0.2, 0.25) is 0 Å². The molecule has 112 valence electrons. The highest BCUT2D eigenvalue weighted by Gasteiger charge is 2.40. The maximum Gasteiger partial charge on any atom is 0.129 e. The van der Waals surface area contributed by atoms with Crippen LogP contribution in [0.25, 0.3) is 0 Å². The van der Waals surface area contributed by atoms with E-state index in [1.807, 2.05) is 6.07 Å². The molecular formula is C17H22FN3. The number of hydrogen-bond donors (Lipinski definition) is 1. The van der Waals surface area contributed by atoms with E-state index in [0.717, 1.165) is 30.5 Å². The molecule has 0 spiro atoms. The Labute approximate surface area is 125 Å². The van der Waals surface area contributed by atoms with Crippen molar-refractivity contribution < 1.29 is 4.39 Å². The normalized spacial score (nSPS) is 32.4. The number of benzene rings is 1. The minimum Gasteiger partial charge on any atom is -0.349 e. The molecule has 3 heterocycles. The van der Waals surface area contributed by atoms with E-state index >= 15 is 0 Å². The van der Waals surface area contributed by atoms with Gasteiger partial charge in [-0.2, -0.15) is 0 Å². The van der Waals surface area contributed by atoms with Gasteiger partial charge in [0.25, 0.3) is 0 Å². The summed E-state index contributed by atoms with van der Waals surface area (Å²) in [6.45, 7) is 0.780. The summed E-state index contributed by atoms with van der Waals surface area (Å²) in [5, 5.41) is 8.42. The molecule has 1 N–H and O–H groups in total. The minimum absolute atomic E-state index is 0.236. The van der Waals surface area contributed by atoms with Gasteiger partial charge in [-0.1, -0.05) is 12.5 Å². The van der Waals surface area contributed by atoms with Crippen LogP contribution in [-0.2, 0) is 6.54 Å². The minimum atomic E-state index is -0.236. The second-order valence-electron chi connectivity index (χ2n) is 6.81. The largest absolute Gasteiger partial charge is 0.349 e. The van der Waals surface area contributed by atoms with E-state index in [1.165, 1.54) is 31.4 Å². The monoisotopic (exact) mass is 287 g/mol. The number of rotatable bonds is 1. The zero-order chi connectivity index (χ0) is 14.6. The Hall–Kier alpha value is -1.42. The van der Waals surface area contributed by atoms with Crippen molar-refractivity contribution in [3.63, 3.8) is 0 Å². The number of halogens is 1. The Morgan fingerprint density at radius 2 is 1.86 bits per heavy atom. The Balaban J connectivity index is 1.57. The first kappa shape index (κ1) is 13.3. The Morgan fingerprint density at radius 1 is 1.14 bits per heavy atom. The van der Waals surface area contributed by atoms with Crippen molar-refractivity contribution in [1.82, 2.24) is 9.80 Å². The van der Waals surface area contributed by atoms with Gasteiger partial charge in [-0.3, -0.25) is 5.41 Å². The molecule has 0 saturated carbocycles. The Bertz CT molecular complexity index is 571. The summed E-state index contributed by atoms with van der Waals surface area (Å²) in [6.07, 6.45) is 6.20. The fourth-order valence-electron chi connectivity index (χ4n) is 4.48. The smallest absolute Gasteiger partial charge is 0.129 e. The van der Waals surface area contributed by atoms with Gasteiger partial charge < -0.3 is 9.80 Å². The summed E-state index contributed by atoms with van der Waals surface area (Å²) in [6, 6.07) is 6.65. The number of piperidine rings is 2. The molecule has 1 aromatic carbocycles. The summed E-state index contributed by atoms with van der Waals surface area (Å²) in [7, 11) is 2.25. The van der Waals surface area contributed by atoms with Crippen LogP contribution in [0.2, 0.25) is 0 Å². The molecule has 3 aliphatic rings. The van der Waals surface area contributed by atoms with Crippen molar-refractivity contribution in [3.8, 4) is 0 Å². The van der Waals surface area contributed by atoms with Crippen LogP contribution in [-0.4, -0.2) is 40.8 Å². The van der Waals surface area contributed by atoms with Gasteiger partial charge in [0.1, 0.15) is 11.7 Å². The molecule has 2 saturated heterocycles. The lowest BCUT2D eigenvalue weighted by Gasteiger charge is -2.49. The number of amidine groups is 1. The van der Waals surface area contributed by atoms with Crippen molar-refractivity contribution in [2.75, 3.05) is 7.05 Å². The van der Waals surface area contributed by atoms with Gasteiger partial charge in [0, 0.05) is 30.2 Å². The third kappa shape index (κ3) is 2.08. The fraction of sp³-hybridized carbons (Fsp3) is 0.588. The molecule has 0 radical (unpaired) electrons. The number of nitrogens with zero attached hydrogens (tertiary/aromatic N) is 2. The first-order valence-electron chi connectivity index (χ1n) is 7.99. The Morgan fingerprint density at radius 3 is 2.57 bits per heavy atom. The molecule has 2 unspecified atom stereocenters. The second-order valence-corrected chi connectivity index (χ2v) is 6.81. The van der Waals surface area contributed by atoms with E-state index in [9.17, 15) is 4.39 Å². The van der Waals surface area contributed by atoms with Crippen molar-refractivity contribution in [2.24, 2.45) is 0 Å². The predicted octanol–water partition coefficient (Wildman–Crippen LogP) is 2.98. The lowest BCUT2D eigenvalue weighted by atomic mass is 9.81. The molecule has 0 amide bonds. The van der Waals surface area contributed by atoms with Crippen molar-refractivity contribution >= 4 is 5.84 Å². The van der Waals surface area contributed by atoms with E-state index in [1.54, 1.807) is 0 Å². The van der Waals surface area contributed by atoms with E-state index in [4.69, 9.17) is 5.41 Å². The van der Waals surface area contributed by atoms with Gasteiger partial charge >= 0.3 is 0 Å². The van der Waals surface area contributed by atoms with Crippen LogP contribution in [0.1, 0.15) is 43.2 Å². The van der Waals surface area contributed by atoms with Gasteiger partial charge in [-0.25, -0.2) is 4.39 Å². The maximum atomic E-state index is 13.4.